The van der Waals surface area contributed by atoms with Crippen molar-refractivity contribution in [2.45, 2.75) is 29.3 Å². The third kappa shape index (κ3) is 5.50. The number of ether oxygens (including phenoxy) is 2. The molecule has 0 saturated carbocycles. The molecule has 2 heterocycles. The van der Waals surface area contributed by atoms with Crippen molar-refractivity contribution >= 4 is 11.8 Å². The predicted octanol–water partition coefficient (Wildman–Crippen LogP) is 2.90. The molecule has 0 bridgehead atoms. The van der Waals surface area contributed by atoms with Crippen LogP contribution in [-0.4, -0.2) is 56.2 Å². The molecule has 1 saturated heterocycles. The SMILES string of the molecule is O=c1ccn([C@@H]2O[C@H](COC(c3ccccc3)(c3ccccc3)c3ccccc3)[C@@H](SCCO)[C@@H]2O)c(=O)[nH]1. The maximum Gasteiger partial charge on any atom is 0.330 e. The molecule has 0 aliphatic carbocycles. The zero-order chi connectivity index (χ0) is 27.2. The largest absolute Gasteiger partial charge is 0.396 e. The minimum atomic E-state index is -1.08. The third-order valence-corrected chi connectivity index (χ3v) is 8.23. The fourth-order valence-electron chi connectivity index (χ4n) is 5.08. The van der Waals surface area contributed by atoms with Crippen molar-refractivity contribution in [3.63, 3.8) is 0 Å². The molecule has 1 aliphatic heterocycles. The Bertz CT molecular complexity index is 1360. The van der Waals surface area contributed by atoms with Crippen LogP contribution in [-0.2, 0) is 15.1 Å². The molecule has 0 spiro atoms. The lowest BCUT2D eigenvalue weighted by Crippen LogP contribution is -2.39. The van der Waals surface area contributed by atoms with Gasteiger partial charge in [-0.15, -0.1) is 0 Å². The van der Waals surface area contributed by atoms with Gasteiger partial charge in [-0.1, -0.05) is 91.0 Å². The summed E-state index contributed by atoms with van der Waals surface area (Å²) in [6, 6.07) is 31.0. The molecule has 3 N–H and O–H groups in total. The zero-order valence-electron chi connectivity index (χ0n) is 21.1. The van der Waals surface area contributed by atoms with Crippen LogP contribution in [0.5, 0.6) is 0 Å². The molecule has 0 unspecified atom stereocenters. The Morgan fingerprint density at radius 1 is 0.872 bits per heavy atom. The summed E-state index contributed by atoms with van der Waals surface area (Å²) in [6.07, 6.45) is -1.43. The summed E-state index contributed by atoms with van der Waals surface area (Å²) in [4.78, 5) is 26.3. The second kappa shape index (κ2) is 12.1. The Kier molecular flexibility index (Phi) is 8.44. The van der Waals surface area contributed by atoms with Crippen molar-refractivity contribution in [2.75, 3.05) is 19.0 Å². The van der Waals surface area contributed by atoms with E-state index in [1.54, 1.807) is 0 Å². The summed E-state index contributed by atoms with van der Waals surface area (Å²) in [6.45, 7) is 0.000160. The van der Waals surface area contributed by atoms with E-state index in [4.69, 9.17) is 9.47 Å². The van der Waals surface area contributed by atoms with Gasteiger partial charge in [0.05, 0.1) is 24.6 Å². The lowest BCUT2D eigenvalue weighted by atomic mass is 9.80. The van der Waals surface area contributed by atoms with Crippen LogP contribution < -0.4 is 11.2 Å². The summed E-state index contributed by atoms with van der Waals surface area (Å²) in [5.41, 5.74) is 0.577. The molecule has 0 amide bonds. The molecule has 4 aromatic rings. The van der Waals surface area contributed by atoms with E-state index in [2.05, 4.69) is 4.98 Å². The number of rotatable bonds is 10. The van der Waals surface area contributed by atoms with Gasteiger partial charge in [0, 0.05) is 18.0 Å². The topological polar surface area (TPSA) is 114 Å². The fraction of sp³-hybridized carbons (Fsp3) is 0.267. The molecule has 5 rings (SSSR count). The van der Waals surface area contributed by atoms with Crippen LogP contribution in [0.15, 0.2) is 113 Å². The summed E-state index contributed by atoms with van der Waals surface area (Å²) < 4.78 is 14.3. The number of H-pyrrole nitrogens is 1. The highest BCUT2D eigenvalue weighted by Crippen LogP contribution is 2.43. The molecule has 1 aromatic heterocycles. The first-order chi connectivity index (χ1) is 19.0. The quantitative estimate of drug-likeness (QED) is 0.262. The number of aromatic amines is 1. The normalized spacial score (nSPS) is 21.2. The van der Waals surface area contributed by atoms with Gasteiger partial charge in [-0.2, -0.15) is 11.8 Å². The van der Waals surface area contributed by atoms with Gasteiger partial charge in [-0.05, 0) is 16.7 Å². The standard InChI is InChI=1S/C30H30N2O6S/c33-18-19-39-27-24(38-28(26(27)35)32-17-16-25(34)31-29(32)36)20-37-30(21-10-4-1-5-11-21,22-12-6-2-7-13-22)23-14-8-3-9-15-23/h1-17,24,26-28,33,35H,18-20H2,(H,31,34,36)/t24-,26+,27-,28-/m1/s1. The minimum Gasteiger partial charge on any atom is -0.396 e. The van der Waals surface area contributed by atoms with Crippen LogP contribution in [0.2, 0.25) is 0 Å². The molecule has 0 radical (unpaired) electrons. The van der Waals surface area contributed by atoms with E-state index in [0.29, 0.717) is 5.75 Å². The van der Waals surface area contributed by atoms with E-state index in [1.165, 1.54) is 28.6 Å². The highest BCUT2D eigenvalue weighted by Gasteiger charge is 2.47. The fourth-order valence-corrected chi connectivity index (χ4v) is 6.15. The van der Waals surface area contributed by atoms with Crippen LogP contribution in [0.1, 0.15) is 22.9 Å². The van der Waals surface area contributed by atoms with E-state index < -0.39 is 40.5 Å². The molecule has 3 aromatic carbocycles. The number of thioether (sulfide) groups is 1. The summed E-state index contributed by atoms with van der Waals surface area (Å²) >= 11 is 1.35. The van der Waals surface area contributed by atoms with Gasteiger partial charge in [0.25, 0.3) is 5.56 Å². The second-order valence-corrected chi connectivity index (χ2v) is 10.5. The first-order valence-electron chi connectivity index (χ1n) is 12.7. The molecule has 202 valence electrons. The van der Waals surface area contributed by atoms with Crippen molar-refractivity contribution < 1.29 is 19.7 Å². The Morgan fingerprint density at radius 2 is 1.41 bits per heavy atom. The monoisotopic (exact) mass is 546 g/mol. The van der Waals surface area contributed by atoms with E-state index >= 15 is 0 Å². The second-order valence-electron chi connectivity index (χ2n) is 9.22. The average Bonchev–Trinajstić information content (AvgIpc) is 3.28. The van der Waals surface area contributed by atoms with Gasteiger partial charge in [0.15, 0.2) is 6.23 Å². The highest BCUT2D eigenvalue weighted by molar-refractivity contribution is 8.00. The van der Waals surface area contributed by atoms with Crippen LogP contribution in [0.4, 0.5) is 0 Å². The number of nitrogens with one attached hydrogen (secondary N) is 1. The van der Waals surface area contributed by atoms with E-state index in [0.717, 1.165) is 16.7 Å². The van der Waals surface area contributed by atoms with Crippen molar-refractivity contribution in [3.8, 4) is 0 Å². The maximum absolute atomic E-state index is 12.5. The van der Waals surface area contributed by atoms with Gasteiger partial charge >= 0.3 is 5.69 Å². The zero-order valence-corrected chi connectivity index (χ0v) is 21.9. The van der Waals surface area contributed by atoms with Crippen molar-refractivity contribution in [3.05, 3.63) is 141 Å². The molecule has 1 aliphatic rings. The Labute approximate surface area is 229 Å². The number of nitrogens with zero attached hydrogens (tertiary/aromatic N) is 1. The van der Waals surface area contributed by atoms with Crippen LogP contribution in [0.25, 0.3) is 0 Å². The van der Waals surface area contributed by atoms with Crippen molar-refractivity contribution in [2.24, 2.45) is 0 Å². The van der Waals surface area contributed by atoms with Crippen LogP contribution in [0, 0.1) is 0 Å². The lowest BCUT2D eigenvalue weighted by Gasteiger charge is -2.37. The van der Waals surface area contributed by atoms with E-state index in [1.807, 2.05) is 91.0 Å². The first-order valence-corrected chi connectivity index (χ1v) is 13.8. The third-order valence-electron chi connectivity index (χ3n) is 6.84. The number of aromatic nitrogens is 2. The Balaban J connectivity index is 1.55. The van der Waals surface area contributed by atoms with E-state index in [-0.39, 0.29) is 13.2 Å². The summed E-state index contributed by atoms with van der Waals surface area (Å²) in [7, 11) is 0. The van der Waals surface area contributed by atoms with Crippen LogP contribution >= 0.6 is 11.8 Å². The summed E-state index contributed by atoms with van der Waals surface area (Å²) in [5, 5.41) is 20.2. The number of benzene rings is 3. The molecule has 8 nitrogen and oxygen atoms in total. The highest BCUT2D eigenvalue weighted by atomic mass is 32.2. The number of aliphatic hydroxyl groups is 2. The molecule has 4 atom stereocenters. The smallest absolute Gasteiger partial charge is 0.330 e. The van der Waals surface area contributed by atoms with Gasteiger partial charge in [-0.3, -0.25) is 14.3 Å². The summed E-state index contributed by atoms with van der Waals surface area (Å²) in [5.74, 6) is 0.371. The number of hydrogen-bond donors (Lipinski definition) is 3. The van der Waals surface area contributed by atoms with Crippen molar-refractivity contribution in [1.29, 1.82) is 0 Å². The predicted molar refractivity (Wildman–Crippen MR) is 150 cm³/mol. The Hall–Kier alpha value is -3.47. The molecule has 9 heteroatoms. The first kappa shape index (κ1) is 27.1. The number of aliphatic hydroxyl groups excluding tert-OH is 2. The molecular weight excluding hydrogens is 516 g/mol. The van der Waals surface area contributed by atoms with Crippen LogP contribution in [0.3, 0.4) is 0 Å². The van der Waals surface area contributed by atoms with Gasteiger partial charge < -0.3 is 19.7 Å². The number of hydrogen-bond acceptors (Lipinski definition) is 7. The molecule has 1 fully saturated rings. The van der Waals surface area contributed by atoms with Crippen molar-refractivity contribution in [1.82, 2.24) is 9.55 Å². The molecule has 39 heavy (non-hydrogen) atoms. The Morgan fingerprint density at radius 3 is 1.90 bits per heavy atom. The van der Waals surface area contributed by atoms with E-state index in [9.17, 15) is 19.8 Å². The van der Waals surface area contributed by atoms with Gasteiger partial charge in [0.1, 0.15) is 11.7 Å². The van der Waals surface area contributed by atoms with Gasteiger partial charge in [0.2, 0.25) is 0 Å². The maximum atomic E-state index is 12.5. The minimum absolute atomic E-state index is 0.0767. The lowest BCUT2D eigenvalue weighted by molar-refractivity contribution is -0.0872. The van der Waals surface area contributed by atoms with Gasteiger partial charge in [-0.25, -0.2) is 4.79 Å². The molecular formula is C30H30N2O6S. The average molecular weight is 547 g/mol.